The molecule has 0 aliphatic heterocycles. The summed E-state index contributed by atoms with van der Waals surface area (Å²) in [6.45, 7) is -0.554. The van der Waals surface area contributed by atoms with Gasteiger partial charge in [-0.25, -0.2) is 17.5 Å². The number of benzene rings is 1. The van der Waals surface area contributed by atoms with E-state index in [9.17, 15) is 17.6 Å². The standard InChI is InChI=1S/C11H12FN3O4S/c12-9-2-1-3-10(8(9)6-13)20(17,18)15-4-5-19-7-11(14)16/h1-3,15H,4-5,7H2,(H2,14,16). The van der Waals surface area contributed by atoms with Crippen molar-refractivity contribution >= 4 is 15.9 Å². The number of carbonyl (C=O) groups is 1. The van der Waals surface area contributed by atoms with E-state index in [1.165, 1.54) is 12.1 Å². The zero-order valence-electron chi connectivity index (χ0n) is 10.3. The van der Waals surface area contributed by atoms with Gasteiger partial charge in [0, 0.05) is 6.54 Å². The van der Waals surface area contributed by atoms with E-state index in [2.05, 4.69) is 4.72 Å². The van der Waals surface area contributed by atoms with Crippen molar-refractivity contribution in [3.63, 3.8) is 0 Å². The number of hydrogen-bond acceptors (Lipinski definition) is 5. The zero-order valence-corrected chi connectivity index (χ0v) is 11.1. The summed E-state index contributed by atoms with van der Waals surface area (Å²) in [5.41, 5.74) is 4.27. The normalized spacial score (nSPS) is 11.0. The molecular formula is C11H12FN3O4S. The number of halogens is 1. The minimum atomic E-state index is -4.03. The van der Waals surface area contributed by atoms with Gasteiger partial charge in [0.2, 0.25) is 15.9 Å². The van der Waals surface area contributed by atoms with Crippen LogP contribution in [0.2, 0.25) is 0 Å². The molecule has 0 spiro atoms. The number of sulfonamides is 1. The number of carbonyl (C=O) groups excluding carboxylic acids is 1. The van der Waals surface area contributed by atoms with E-state index < -0.39 is 32.2 Å². The van der Waals surface area contributed by atoms with Crippen LogP contribution in [0.1, 0.15) is 5.56 Å². The number of amides is 1. The number of nitrogens with zero attached hydrogens (tertiary/aromatic N) is 1. The fraction of sp³-hybridized carbons (Fsp3) is 0.273. The lowest BCUT2D eigenvalue weighted by Gasteiger charge is -2.08. The van der Waals surface area contributed by atoms with E-state index in [1.54, 1.807) is 0 Å². The van der Waals surface area contributed by atoms with E-state index >= 15 is 0 Å². The van der Waals surface area contributed by atoms with Gasteiger partial charge < -0.3 is 10.5 Å². The van der Waals surface area contributed by atoms with Crippen molar-refractivity contribution in [3.05, 3.63) is 29.6 Å². The summed E-state index contributed by atoms with van der Waals surface area (Å²) >= 11 is 0. The second-order valence-electron chi connectivity index (χ2n) is 3.64. The van der Waals surface area contributed by atoms with Crippen molar-refractivity contribution in [3.8, 4) is 6.07 Å². The predicted molar refractivity (Wildman–Crippen MR) is 66.3 cm³/mol. The van der Waals surface area contributed by atoms with Crippen LogP contribution in [-0.2, 0) is 19.6 Å². The van der Waals surface area contributed by atoms with Crippen LogP contribution in [0.15, 0.2) is 23.1 Å². The highest BCUT2D eigenvalue weighted by molar-refractivity contribution is 7.89. The molecule has 0 saturated carbocycles. The summed E-state index contributed by atoms with van der Waals surface area (Å²) in [6.07, 6.45) is 0. The number of nitrogens with two attached hydrogens (primary N) is 1. The van der Waals surface area contributed by atoms with Gasteiger partial charge in [0.25, 0.3) is 0 Å². The van der Waals surface area contributed by atoms with Gasteiger partial charge in [0.05, 0.1) is 6.61 Å². The van der Waals surface area contributed by atoms with Crippen molar-refractivity contribution in [2.75, 3.05) is 19.8 Å². The maximum atomic E-state index is 13.3. The Morgan fingerprint density at radius 2 is 2.20 bits per heavy atom. The molecular weight excluding hydrogens is 289 g/mol. The maximum absolute atomic E-state index is 13.3. The number of rotatable bonds is 7. The van der Waals surface area contributed by atoms with Crippen molar-refractivity contribution in [2.24, 2.45) is 5.73 Å². The summed E-state index contributed by atoms with van der Waals surface area (Å²) in [6, 6.07) is 4.80. The van der Waals surface area contributed by atoms with Crippen LogP contribution in [-0.4, -0.2) is 34.1 Å². The molecule has 0 fully saturated rings. The Labute approximate surface area is 115 Å². The van der Waals surface area contributed by atoms with Crippen molar-refractivity contribution in [2.45, 2.75) is 4.90 Å². The van der Waals surface area contributed by atoms with E-state index in [1.807, 2.05) is 0 Å². The molecule has 0 aliphatic carbocycles. The summed E-state index contributed by atoms with van der Waals surface area (Å²) in [4.78, 5) is 9.93. The highest BCUT2D eigenvalue weighted by Gasteiger charge is 2.20. The minimum absolute atomic E-state index is 0.0840. The SMILES string of the molecule is N#Cc1c(F)cccc1S(=O)(=O)NCCOCC(N)=O. The third kappa shape index (κ3) is 4.27. The molecule has 1 rings (SSSR count). The third-order valence-electron chi connectivity index (χ3n) is 2.16. The van der Waals surface area contributed by atoms with Gasteiger partial charge in [-0.1, -0.05) is 6.07 Å². The van der Waals surface area contributed by atoms with Crippen LogP contribution in [0.3, 0.4) is 0 Å². The molecule has 1 aromatic carbocycles. The van der Waals surface area contributed by atoms with Gasteiger partial charge in [-0.3, -0.25) is 4.79 Å². The van der Waals surface area contributed by atoms with E-state index in [0.717, 1.165) is 12.1 Å². The molecule has 7 nitrogen and oxygen atoms in total. The van der Waals surface area contributed by atoms with Crippen LogP contribution in [0, 0.1) is 17.1 Å². The second-order valence-corrected chi connectivity index (χ2v) is 5.38. The summed E-state index contributed by atoms with van der Waals surface area (Å²) < 4.78 is 44.0. The van der Waals surface area contributed by atoms with E-state index in [4.69, 9.17) is 15.7 Å². The Hall–Kier alpha value is -2.02. The maximum Gasteiger partial charge on any atom is 0.243 e. The average molecular weight is 301 g/mol. The van der Waals surface area contributed by atoms with Crippen molar-refractivity contribution < 1.29 is 22.3 Å². The van der Waals surface area contributed by atoms with Gasteiger partial charge in [0.1, 0.15) is 29.0 Å². The smallest absolute Gasteiger partial charge is 0.243 e. The van der Waals surface area contributed by atoms with Gasteiger partial charge in [-0.15, -0.1) is 0 Å². The van der Waals surface area contributed by atoms with Crippen molar-refractivity contribution in [1.29, 1.82) is 5.26 Å². The fourth-order valence-corrected chi connectivity index (χ4v) is 2.51. The predicted octanol–water partition coefficient (Wildman–Crippen LogP) is -0.522. The number of hydrogen-bond donors (Lipinski definition) is 2. The summed E-state index contributed by atoms with van der Waals surface area (Å²) in [5.74, 6) is -1.59. The monoisotopic (exact) mass is 301 g/mol. The van der Waals surface area contributed by atoms with Crippen LogP contribution >= 0.6 is 0 Å². The second kappa shape index (κ2) is 6.95. The van der Waals surface area contributed by atoms with Crippen LogP contribution < -0.4 is 10.5 Å². The minimum Gasteiger partial charge on any atom is -0.370 e. The average Bonchev–Trinajstić information content (AvgIpc) is 2.37. The topological polar surface area (TPSA) is 122 Å². The first-order chi connectivity index (χ1) is 9.38. The molecule has 9 heteroatoms. The molecule has 0 aromatic heterocycles. The Morgan fingerprint density at radius 1 is 1.50 bits per heavy atom. The number of ether oxygens (including phenoxy) is 1. The largest absolute Gasteiger partial charge is 0.370 e. The quantitative estimate of drug-likeness (QED) is 0.656. The lowest BCUT2D eigenvalue weighted by atomic mass is 10.2. The molecule has 0 bridgehead atoms. The fourth-order valence-electron chi connectivity index (χ4n) is 1.34. The number of primary amides is 1. The lowest BCUT2D eigenvalue weighted by Crippen LogP contribution is -2.29. The molecule has 3 N–H and O–H groups in total. The van der Waals surface area contributed by atoms with Gasteiger partial charge >= 0.3 is 0 Å². The molecule has 0 heterocycles. The molecule has 0 radical (unpaired) electrons. The van der Waals surface area contributed by atoms with E-state index in [0.29, 0.717) is 0 Å². The van der Waals surface area contributed by atoms with Crippen molar-refractivity contribution in [1.82, 2.24) is 4.72 Å². The molecule has 1 amide bonds. The molecule has 1 aromatic rings. The van der Waals surface area contributed by atoms with Crippen LogP contribution in [0.4, 0.5) is 4.39 Å². The first-order valence-corrected chi connectivity index (χ1v) is 6.91. The Balaban J connectivity index is 2.73. The zero-order chi connectivity index (χ0) is 15.2. The molecule has 0 aliphatic rings. The first-order valence-electron chi connectivity index (χ1n) is 5.43. The van der Waals surface area contributed by atoms with Crippen LogP contribution in [0.5, 0.6) is 0 Å². The third-order valence-corrected chi connectivity index (χ3v) is 3.66. The molecule has 0 atom stereocenters. The number of nitriles is 1. The first kappa shape index (κ1) is 16.0. The molecule has 0 saturated heterocycles. The summed E-state index contributed by atoms with van der Waals surface area (Å²) in [5, 5.41) is 8.78. The Kier molecular flexibility index (Phi) is 5.57. The van der Waals surface area contributed by atoms with Gasteiger partial charge in [-0.2, -0.15) is 5.26 Å². The highest BCUT2D eigenvalue weighted by Crippen LogP contribution is 2.17. The molecule has 20 heavy (non-hydrogen) atoms. The van der Waals surface area contributed by atoms with E-state index in [-0.39, 0.29) is 19.8 Å². The molecule has 108 valence electrons. The van der Waals surface area contributed by atoms with Crippen LogP contribution in [0.25, 0.3) is 0 Å². The Bertz CT molecular complexity index is 640. The summed E-state index contributed by atoms with van der Waals surface area (Å²) in [7, 11) is -4.03. The highest BCUT2D eigenvalue weighted by atomic mass is 32.2. The number of nitrogens with one attached hydrogen (secondary N) is 1. The van der Waals surface area contributed by atoms with Gasteiger partial charge in [-0.05, 0) is 12.1 Å². The lowest BCUT2D eigenvalue weighted by molar-refractivity contribution is -0.122. The Morgan fingerprint density at radius 3 is 2.80 bits per heavy atom. The van der Waals surface area contributed by atoms with Gasteiger partial charge in [0.15, 0.2) is 0 Å². The molecule has 0 unspecified atom stereocenters.